The lowest BCUT2D eigenvalue weighted by Crippen LogP contribution is -2.41. The summed E-state index contributed by atoms with van der Waals surface area (Å²) in [5, 5.41) is 30.7. The number of pyridine rings is 1. The van der Waals surface area contributed by atoms with Crippen LogP contribution >= 0.6 is 0 Å². The monoisotopic (exact) mass is 580 g/mol. The summed E-state index contributed by atoms with van der Waals surface area (Å²) in [6, 6.07) is 3.90. The number of aliphatic hydroxyl groups is 2. The highest BCUT2D eigenvalue weighted by atomic mass is 19.3. The quantitative estimate of drug-likeness (QED) is 0.215. The van der Waals surface area contributed by atoms with Crippen molar-refractivity contribution in [3.8, 4) is 0 Å². The van der Waals surface area contributed by atoms with Gasteiger partial charge in [0.05, 0.1) is 12.2 Å². The van der Waals surface area contributed by atoms with E-state index in [1.165, 1.54) is 44.6 Å². The number of carbonyl (C=O) groups excluding carboxylic acids is 1. The van der Waals surface area contributed by atoms with Crippen LogP contribution in [0, 0.1) is 0 Å². The second kappa shape index (κ2) is 15.1. The lowest BCUT2D eigenvalue weighted by atomic mass is 10.0. The number of aliphatic hydroxyl groups excluding tert-OH is 2. The van der Waals surface area contributed by atoms with Crippen LogP contribution in [0.4, 0.5) is 14.6 Å². The number of amides is 1. The van der Waals surface area contributed by atoms with Crippen molar-refractivity contribution in [2.75, 3.05) is 11.9 Å². The van der Waals surface area contributed by atoms with Gasteiger partial charge in [0, 0.05) is 11.9 Å². The number of halogens is 2. The Morgan fingerprint density at radius 2 is 1.66 bits per heavy atom. The molecule has 0 unspecified atom stereocenters. The number of aromatic nitrogens is 3. The van der Waals surface area contributed by atoms with Gasteiger partial charge in [-0.1, -0.05) is 64.7 Å². The molecule has 4 N–H and O–H groups in total. The fourth-order valence-corrected chi connectivity index (χ4v) is 4.73. The van der Waals surface area contributed by atoms with E-state index in [2.05, 4.69) is 22.2 Å². The van der Waals surface area contributed by atoms with Crippen LogP contribution in [0.2, 0.25) is 0 Å². The highest BCUT2D eigenvalue weighted by Crippen LogP contribution is 2.42. The van der Waals surface area contributed by atoms with Crippen molar-refractivity contribution in [1.82, 2.24) is 14.5 Å². The summed E-state index contributed by atoms with van der Waals surface area (Å²) in [6.45, 7) is 1.31. The summed E-state index contributed by atoms with van der Waals surface area (Å²) in [5.74, 6) is -6.52. The van der Waals surface area contributed by atoms with Gasteiger partial charge in [0.1, 0.15) is 17.6 Å². The minimum Gasteiger partial charge on any atom is -0.478 e. The number of anilines is 1. The molecular formula is C28H38F2N4O7. The van der Waals surface area contributed by atoms with E-state index >= 15 is 0 Å². The molecule has 3 atom stereocenters. The zero-order valence-corrected chi connectivity index (χ0v) is 23.1. The molecule has 1 amide bonds. The molecule has 11 nitrogen and oxygen atoms in total. The van der Waals surface area contributed by atoms with Crippen LogP contribution in [0.25, 0.3) is 0 Å². The Balaban J connectivity index is 1.61. The third-order valence-corrected chi connectivity index (χ3v) is 7.07. The maximum Gasteiger partial charge on any atom is 0.351 e. The van der Waals surface area contributed by atoms with Gasteiger partial charge in [-0.15, -0.1) is 0 Å². The minimum atomic E-state index is -3.89. The predicted octanol–water partition coefficient (Wildman–Crippen LogP) is 3.94. The number of aryl methyl sites for hydroxylation is 1. The van der Waals surface area contributed by atoms with Gasteiger partial charge < -0.3 is 25.4 Å². The number of nitrogens with one attached hydrogen (secondary N) is 1. The number of ether oxygens (including phenoxy) is 1. The van der Waals surface area contributed by atoms with E-state index in [9.17, 15) is 33.4 Å². The smallest absolute Gasteiger partial charge is 0.351 e. The van der Waals surface area contributed by atoms with Crippen molar-refractivity contribution in [1.29, 1.82) is 0 Å². The van der Waals surface area contributed by atoms with Gasteiger partial charge in [-0.3, -0.25) is 9.36 Å². The summed E-state index contributed by atoms with van der Waals surface area (Å²) < 4.78 is 34.2. The summed E-state index contributed by atoms with van der Waals surface area (Å²) in [4.78, 5) is 44.9. The first-order valence-corrected chi connectivity index (χ1v) is 14.1. The molecule has 2 aromatic rings. The molecule has 226 valence electrons. The van der Waals surface area contributed by atoms with E-state index < -0.39 is 48.5 Å². The van der Waals surface area contributed by atoms with Crippen molar-refractivity contribution in [2.45, 2.75) is 102 Å². The average Bonchev–Trinajstić information content (AvgIpc) is 3.17. The first-order valence-electron chi connectivity index (χ1n) is 14.1. The number of alkyl halides is 2. The molecule has 3 rings (SSSR count). The Morgan fingerprint density at radius 3 is 2.22 bits per heavy atom. The van der Waals surface area contributed by atoms with Crippen molar-refractivity contribution in [3.05, 3.63) is 51.8 Å². The molecular weight excluding hydrogens is 542 g/mol. The second-order valence-electron chi connectivity index (χ2n) is 10.2. The average molecular weight is 581 g/mol. The topological polar surface area (TPSA) is 164 Å². The van der Waals surface area contributed by atoms with E-state index in [1.54, 1.807) is 6.07 Å². The van der Waals surface area contributed by atoms with Crippen LogP contribution < -0.4 is 11.0 Å². The first kappa shape index (κ1) is 32.2. The van der Waals surface area contributed by atoms with Crippen molar-refractivity contribution in [3.63, 3.8) is 0 Å². The van der Waals surface area contributed by atoms with Gasteiger partial charge in [0.2, 0.25) is 6.23 Å². The molecule has 3 heterocycles. The number of carboxylic acids is 1. The van der Waals surface area contributed by atoms with E-state index in [1.807, 2.05) is 0 Å². The summed E-state index contributed by atoms with van der Waals surface area (Å²) in [7, 11) is 0. The molecule has 0 aliphatic carbocycles. The van der Waals surface area contributed by atoms with Crippen LogP contribution in [-0.4, -0.2) is 66.5 Å². The van der Waals surface area contributed by atoms with Crippen molar-refractivity contribution >= 4 is 17.7 Å². The Hall–Kier alpha value is -3.29. The van der Waals surface area contributed by atoms with E-state index in [-0.39, 0.29) is 17.1 Å². The number of carbonyl (C=O) groups is 2. The Kier molecular flexibility index (Phi) is 11.9. The molecule has 1 saturated heterocycles. The molecule has 0 saturated carbocycles. The van der Waals surface area contributed by atoms with Crippen LogP contribution in [0.1, 0.15) is 104 Å². The largest absolute Gasteiger partial charge is 0.478 e. The van der Waals surface area contributed by atoms with E-state index in [4.69, 9.17) is 9.84 Å². The molecule has 13 heteroatoms. The minimum absolute atomic E-state index is 0.324. The predicted molar refractivity (Wildman–Crippen MR) is 145 cm³/mol. The maximum atomic E-state index is 14.4. The third-order valence-electron chi connectivity index (χ3n) is 7.07. The normalized spacial score (nSPS) is 19.8. The molecule has 0 radical (unpaired) electrons. The number of hydrogen-bond donors (Lipinski definition) is 4. The molecule has 2 aromatic heterocycles. The summed E-state index contributed by atoms with van der Waals surface area (Å²) in [6.07, 6.45) is 6.87. The van der Waals surface area contributed by atoms with Gasteiger partial charge in [-0.25, -0.2) is 14.6 Å². The number of carboxylic acid groups (broad SMARTS) is 1. The molecule has 41 heavy (non-hydrogen) atoms. The number of rotatable bonds is 16. The molecule has 0 bridgehead atoms. The molecule has 1 aliphatic heterocycles. The van der Waals surface area contributed by atoms with Gasteiger partial charge in [-0.2, -0.15) is 13.8 Å². The van der Waals surface area contributed by atoms with E-state index in [0.717, 1.165) is 37.9 Å². The third kappa shape index (κ3) is 8.37. The highest BCUT2D eigenvalue weighted by molar-refractivity contribution is 6.09. The lowest BCUT2D eigenvalue weighted by molar-refractivity contribution is -0.140. The fourth-order valence-electron chi connectivity index (χ4n) is 4.73. The number of nitrogens with zero attached hydrogens (tertiary/aromatic N) is 3. The zero-order valence-electron chi connectivity index (χ0n) is 23.1. The molecule has 1 aliphatic rings. The van der Waals surface area contributed by atoms with Crippen molar-refractivity contribution in [2.24, 2.45) is 0 Å². The van der Waals surface area contributed by atoms with E-state index in [0.29, 0.717) is 16.7 Å². The second-order valence-corrected chi connectivity index (χ2v) is 10.2. The lowest BCUT2D eigenvalue weighted by Gasteiger charge is -2.21. The van der Waals surface area contributed by atoms with Crippen LogP contribution in [-0.2, 0) is 11.2 Å². The highest BCUT2D eigenvalue weighted by Gasteiger charge is 2.59. The number of aromatic carboxylic acids is 1. The Bertz CT molecular complexity index is 1240. The Labute approximate surface area is 236 Å². The molecule has 0 spiro atoms. The van der Waals surface area contributed by atoms with Gasteiger partial charge >= 0.3 is 17.6 Å². The zero-order chi connectivity index (χ0) is 30.0. The molecule has 1 fully saturated rings. The van der Waals surface area contributed by atoms with Crippen LogP contribution in [0.5, 0.6) is 0 Å². The summed E-state index contributed by atoms with van der Waals surface area (Å²) >= 11 is 0. The fraction of sp³-hybridized carbons (Fsp3) is 0.607. The van der Waals surface area contributed by atoms with Crippen molar-refractivity contribution < 1.29 is 38.4 Å². The van der Waals surface area contributed by atoms with Gasteiger partial charge in [0.15, 0.2) is 6.10 Å². The SMILES string of the molecule is CCCCCCCCCCCCc1ccc(C(=O)O)c(C(=O)Nc2ccn([C@@H]3O[C@H](CO)[C@@H](O)C3(F)F)c(=O)n2)n1. The Morgan fingerprint density at radius 1 is 1.02 bits per heavy atom. The maximum absolute atomic E-state index is 14.4. The van der Waals surface area contributed by atoms with Gasteiger partial charge in [-0.05, 0) is 31.0 Å². The van der Waals surface area contributed by atoms with Gasteiger partial charge in [0.25, 0.3) is 5.91 Å². The standard InChI is InChI=1S/C28H38F2N4O7/c1-2-3-4-5-6-7-8-9-10-11-12-18-13-14-19(25(38)39)22(31-18)24(37)32-21-15-16-34(27(40)33-21)26-28(29,30)23(36)20(17-35)41-26/h13-16,20,23,26,35-36H,2-12,17H2,1H3,(H,38,39)(H,32,33,37,40)/t20-,23-,26-/m1/s1. The summed E-state index contributed by atoms with van der Waals surface area (Å²) in [5.41, 5.74) is -1.39. The number of hydrogen-bond acceptors (Lipinski definition) is 8. The van der Waals surface area contributed by atoms with Crippen LogP contribution in [0.15, 0.2) is 29.2 Å². The van der Waals surface area contributed by atoms with Crippen LogP contribution in [0.3, 0.4) is 0 Å². The number of unbranched alkanes of at least 4 members (excludes halogenated alkanes) is 9. The first-order chi connectivity index (χ1) is 19.6. The molecule has 0 aromatic carbocycles.